The van der Waals surface area contributed by atoms with Crippen LogP contribution in [0.25, 0.3) is 44.3 Å². The quantitative estimate of drug-likeness (QED) is 0.167. The van der Waals surface area contributed by atoms with Crippen molar-refractivity contribution in [1.82, 2.24) is 18.7 Å². The molecule has 0 aliphatic heterocycles. The van der Waals surface area contributed by atoms with Crippen LogP contribution >= 0.6 is 0 Å². The molecule has 3 heterocycles. The summed E-state index contributed by atoms with van der Waals surface area (Å²) in [5, 5.41) is 2.26. The Hall–Kier alpha value is -4.21. The average molecular weight is 773 g/mol. The molecule has 1 aliphatic carbocycles. The molecule has 3 aromatic heterocycles. The molecule has 0 saturated carbocycles. The third-order valence-corrected chi connectivity index (χ3v) is 10.4. The van der Waals surface area contributed by atoms with E-state index < -0.39 is 6.98 Å². The van der Waals surface area contributed by atoms with Crippen molar-refractivity contribution in [3.8, 4) is 23.0 Å². The molecule has 1 aliphatic rings. The average Bonchev–Trinajstić information content (AvgIpc) is 3.54. The second kappa shape index (κ2) is 10.2. The fraction of sp³-hybridized carbons (Fsp3) is 0.231. The van der Waals surface area contributed by atoms with Gasteiger partial charge in [-0.05, 0) is 40.9 Å². The van der Waals surface area contributed by atoms with Gasteiger partial charge in [0.2, 0.25) is 0 Å². The van der Waals surface area contributed by atoms with E-state index >= 15 is 0 Å². The summed E-state index contributed by atoms with van der Waals surface area (Å²) in [5.41, 5.74) is 7.01. The molecule has 7 aromatic rings. The summed E-state index contributed by atoms with van der Waals surface area (Å²) in [6, 6.07) is 34.9. The summed E-state index contributed by atoms with van der Waals surface area (Å²) in [6.45, 7) is 7.08. The molecule has 0 N–H and O–H groups in total. The van der Waals surface area contributed by atoms with Crippen LogP contribution in [0.1, 0.15) is 55.8 Å². The standard InChI is InChI=1S/C39H34N4O.Pt/c1-38(2)18-19-39(3,4)32-24-36-30(23-31(32)38)29-17-16-28(22-35(29)43(36)37-15-8-9-20-40-37)44-27-12-10-11-26(21-27)42-25-41(5)33-13-6-7-14-34(33)42;/h6-17,20,23-24H,18-19H2,1-5H3;/q-2;/i5D3;. The van der Waals surface area contributed by atoms with Crippen LogP contribution in [-0.4, -0.2) is 18.7 Å². The fourth-order valence-corrected chi connectivity index (χ4v) is 7.68. The van der Waals surface area contributed by atoms with Crippen LogP contribution in [0.3, 0.4) is 0 Å². The Morgan fingerprint density at radius 2 is 1.49 bits per heavy atom. The van der Waals surface area contributed by atoms with Gasteiger partial charge in [0.1, 0.15) is 0 Å². The van der Waals surface area contributed by atoms with E-state index in [1.54, 1.807) is 0 Å². The number of hydrogen-bond acceptors (Lipinski definition) is 2. The van der Waals surface area contributed by atoms with Gasteiger partial charge in [-0.15, -0.1) is 0 Å². The molecule has 4 aromatic carbocycles. The van der Waals surface area contributed by atoms with E-state index in [2.05, 4.69) is 81.9 Å². The number of hydrogen-bond donors (Lipinski definition) is 0. The summed E-state index contributed by atoms with van der Waals surface area (Å²) < 4.78 is 37.0. The van der Waals surface area contributed by atoms with Crippen LogP contribution in [0.15, 0.2) is 91.1 Å². The van der Waals surface area contributed by atoms with Crippen molar-refractivity contribution in [1.29, 1.82) is 0 Å². The van der Waals surface area contributed by atoms with E-state index in [0.717, 1.165) is 40.6 Å². The van der Waals surface area contributed by atoms with E-state index in [4.69, 9.17) is 13.8 Å². The predicted octanol–water partition coefficient (Wildman–Crippen LogP) is 9.28. The van der Waals surface area contributed by atoms with E-state index in [1.807, 2.05) is 77.5 Å². The molecule has 0 unspecified atom stereocenters. The molecule has 8 rings (SSSR count). The Kier molecular flexibility index (Phi) is 5.65. The number of rotatable bonds is 4. The second-order valence-corrected chi connectivity index (χ2v) is 14.2. The van der Waals surface area contributed by atoms with Crippen LogP contribution < -0.4 is 4.74 Å². The number of para-hydroxylation sites is 2. The molecule has 0 amide bonds. The third kappa shape index (κ3) is 4.47. The molecule has 0 spiro atoms. The van der Waals surface area contributed by atoms with Crippen LogP contribution in [-0.2, 0) is 37.2 Å². The van der Waals surface area contributed by atoms with Crippen molar-refractivity contribution in [2.24, 2.45) is 6.98 Å². The van der Waals surface area contributed by atoms with Gasteiger partial charge >= 0.3 is 198 Å². The van der Waals surface area contributed by atoms with Crippen LogP contribution in [0.2, 0.25) is 0 Å². The van der Waals surface area contributed by atoms with Gasteiger partial charge < -0.3 is 0 Å². The zero-order valence-corrected chi connectivity index (χ0v) is 27.9. The van der Waals surface area contributed by atoms with Crippen molar-refractivity contribution in [3.05, 3.63) is 118 Å². The van der Waals surface area contributed by atoms with Gasteiger partial charge in [-0.3, -0.25) is 0 Å². The van der Waals surface area contributed by atoms with Gasteiger partial charge in [0.15, 0.2) is 0 Å². The third-order valence-electron chi connectivity index (χ3n) is 9.42. The number of pyridine rings is 1. The maximum atomic E-state index is 8.17. The monoisotopic (exact) mass is 772 g/mol. The van der Waals surface area contributed by atoms with Crippen LogP contribution in [0.4, 0.5) is 0 Å². The summed E-state index contributed by atoms with van der Waals surface area (Å²) in [6.07, 6.45) is 4.10. The molecule has 0 saturated heterocycles. The van der Waals surface area contributed by atoms with Crippen molar-refractivity contribution < 1.29 is 28.2 Å². The Balaban J connectivity index is 1.28. The number of aromatic nitrogens is 4. The first-order valence-corrected chi connectivity index (χ1v) is 16.3. The fourth-order valence-electron chi connectivity index (χ4n) is 6.86. The van der Waals surface area contributed by atoms with Gasteiger partial charge in [0.25, 0.3) is 0 Å². The molecular formula is C39H34N4OPt-2. The molecule has 45 heavy (non-hydrogen) atoms. The molecule has 6 heteroatoms. The molecule has 0 bridgehead atoms. The predicted molar refractivity (Wildman–Crippen MR) is 177 cm³/mol. The molecule has 5 nitrogen and oxygen atoms in total. The summed E-state index contributed by atoms with van der Waals surface area (Å²) >= 11 is 2.07. The molecule has 0 fully saturated rings. The number of fused-ring (bicyclic) bond motifs is 5. The van der Waals surface area contributed by atoms with E-state index in [1.165, 1.54) is 21.1 Å². The Labute approximate surface area is 278 Å². The molecule has 0 radical (unpaired) electrons. The van der Waals surface area contributed by atoms with E-state index in [0.29, 0.717) is 26.5 Å². The van der Waals surface area contributed by atoms with Gasteiger partial charge in [0.05, 0.1) is 0 Å². The summed E-state index contributed by atoms with van der Waals surface area (Å²) in [5.74, 6) is 1.87. The zero-order valence-electron chi connectivity index (χ0n) is 28.6. The van der Waals surface area contributed by atoms with E-state index in [-0.39, 0.29) is 10.8 Å². The van der Waals surface area contributed by atoms with Crippen LogP contribution in [0, 0.1) is 15.9 Å². The molecule has 228 valence electrons. The topological polar surface area (TPSA) is 36.9 Å². The van der Waals surface area contributed by atoms with E-state index in [9.17, 15) is 0 Å². The normalized spacial score (nSPS) is 16.8. The van der Waals surface area contributed by atoms with Crippen molar-refractivity contribution in [3.63, 3.8) is 0 Å². The first-order valence-electron chi connectivity index (χ1n) is 16.7. The second-order valence-electron chi connectivity index (χ2n) is 13.2. The number of imidazole rings is 1. The minimum atomic E-state index is -2.34. The van der Waals surface area contributed by atoms with Gasteiger partial charge in [-0.25, -0.2) is 0 Å². The Bertz CT molecular complexity index is 2450. The van der Waals surface area contributed by atoms with Gasteiger partial charge in [-0.2, -0.15) is 0 Å². The number of benzene rings is 4. The Morgan fingerprint density at radius 1 is 0.756 bits per heavy atom. The van der Waals surface area contributed by atoms with Gasteiger partial charge in [-0.1, -0.05) is 33.8 Å². The summed E-state index contributed by atoms with van der Waals surface area (Å²) in [7, 11) is 0. The SMILES string of the molecule is [2H]C([2H])([2H])n1[c](=[Pt])n(-c2[c-]c(Oc3[c-]c4c(cc3)c3cc5c(cc3n4-c3ccccn3)C(C)(C)CCC5(C)C)ccc2)c2ccccc21. The molecule has 0 atom stereocenters. The van der Waals surface area contributed by atoms with Gasteiger partial charge in [0, 0.05) is 6.20 Å². The summed E-state index contributed by atoms with van der Waals surface area (Å²) in [4.78, 5) is 4.76. The van der Waals surface area contributed by atoms with Crippen molar-refractivity contribution in [2.75, 3.05) is 0 Å². The molecular weight excluding hydrogens is 736 g/mol. The maximum absolute atomic E-state index is 8.17. The van der Waals surface area contributed by atoms with Crippen molar-refractivity contribution >= 4 is 32.8 Å². The number of ether oxygens (including phenoxy) is 1. The first-order chi connectivity index (χ1) is 22.8. The number of nitrogens with zero attached hydrogens (tertiary/aromatic N) is 4. The van der Waals surface area contributed by atoms with Crippen LogP contribution in [0.5, 0.6) is 11.5 Å². The Morgan fingerprint density at radius 3 is 2.24 bits per heavy atom. The first kappa shape index (κ1) is 25.0. The number of aryl methyl sites for hydroxylation is 1. The zero-order chi connectivity index (χ0) is 33.6. The minimum absolute atomic E-state index is 0.0644. The van der Waals surface area contributed by atoms with Crippen molar-refractivity contribution in [2.45, 2.75) is 51.4 Å².